The number of carbonyl (C=O) groups is 1. The van der Waals surface area contributed by atoms with Crippen molar-refractivity contribution in [3.05, 3.63) is 70.6 Å². The summed E-state index contributed by atoms with van der Waals surface area (Å²) in [5.74, 6) is 0.382. The Morgan fingerprint density at radius 1 is 1.29 bits per heavy atom. The molecule has 1 aliphatic rings. The van der Waals surface area contributed by atoms with Gasteiger partial charge in [-0.1, -0.05) is 6.07 Å². The number of likely N-dealkylation sites (tertiary alicyclic amines) is 1. The fourth-order valence-electron chi connectivity index (χ4n) is 3.34. The summed E-state index contributed by atoms with van der Waals surface area (Å²) < 4.78 is 19.3. The van der Waals surface area contributed by atoms with Crippen molar-refractivity contribution in [1.29, 1.82) is 0 Å². The number of furan rings is 1. The quantitative estimate of drug-likeness (QED) is 0.629. The van der Waals surface area contributed by atoms with Crippen LogP contribution in [0, 0.1) is 5.82 Å². The average molecular weight is 445 g/mol. The lowest BCUT2D eigenvalue weighted by atomic mass is 9.94. The first-order chi connectivity index (χ1) is 13.6. The van der Waals surface area contributed by atoms with Gasteiger partial charge in [0.05, 0.1) is 5.69 Å². The van der Waals surface area contributed by atoms with E-state index >= 15 is 0 Å². The summed E-state index contributed by atoms with van der Waals surface area (Å²) in [5, 5.41) is 3.02. The maximum Gasteiger partial charge on any atom is 0.289 e. The second-order valence-electron chi connectivity index (χ2n) is 6.63. The van der Waals surface area contributed by atoms with Gasteiger partial charge in [0, 0.05) is 30.9 Å². The van der Waals surface area contributed by atoms with Gasteiger partial charge in [-0.3, -0.25) is 4.79 Å². The van der Waals surface area contributed by atoms with Crippen molar-refractivity contribution in [2.45, 2.75) is 18.8 Å². The molecule has 1 atom stereocenters. The predicted molar refractivity (Wildman–Crippen MR) is 106 cm³/mol. The number of amides is 1. The number of nitrogens with one attached hydrogen (secondary N) is 1. The van der Waals surface area contributed by atoms with Crippen molar-refractivity contribution >= 4 is 33.5 Å². The number of hydrogen-bond donors (Lipinski definition) is 1. The zero-order chi connectivity index (χ0) is 19.5. The van der Waals surface area contributed by atoms with Crippen molar-refractivity contribution < 1.29 is 13.6 Å². The van der Waals surface area contributed by atoms with Crippen LogP contribution in [0.1, 0.15) is 35.0 Å². The van der Waals surface area contributed by atoms with Gasteiger partial charge in [-0.25, -0.2) is 14.4 Å². The molecule has 3 aromatic rings. The molecule has 3 heterocycles. The molecule has 0 aliphatic carbocycles. The van der Waals surface area contributed by atoms with E-state index in [0.29, 0.717) is 35.2 Å². The number of aromatic nitrogens is 2. The lowest BCUT2D eigenvalue weighted by Gasteiger charge is -2.32. The van der Waals surface area contributed by atoms with Crippen LogP contribution in [0.3, 0.4) is 0 Å². The van der Waals surface area contributed by atoms with Crippen LogP contribution in [0.25, 0.3) is 0 Å². The summed E-state index contributed by atoms with van der Waals surface area (Å²) in [5.41, 5.74) is 1.44. The average Bonchev–Trinajstić information content (AvgIpc) is 3.14. The lowest BCUT2D eigenvalue weighted by Crippen LogP contribution is -2.39. The fourth-order valence-corrected chi connectivity index (χ4v) is 3.65. The number of rotatable bonds is 4. The highest BCUT2D eigenvalue weighted by atomic mass is 79.9. The van der Waals surface area contributed by atoms with E-state index < -0.39 is 0 Å². The smallest absolute Gasteiger partial charge is 0.289 e. The zero-order valence-electron chi connectivity index (χ0n) is 14.9. The van der Waals surface area contributed by atoms with E-state index in [1.807, 2.05) is 6.07 Å². The van der Waals surface area contributed by atoms with Crippen LogP contribution in [-0.2, 0) is 0 Å². The van der Waals surface area contributed by atoms with E-state index in [1.54, 1.807) is 35.4 Å². The number of hydrogen-bond acceptors (Lipinski definition) is 5. The molecular weight excluding hydrogens is 427 g/mol. The first-order valence-electron chi connectivity index (χ1n) is 8.98. The third kappa shape index (κ3) is 4.22. The number of nitrogens with zero attached hydrogens (tertiary/aromatic N) is 3. The topological polar surface area (TPSA) is 71.3 Å². The monoisotopic (exact) mass is 444 g/mol. The van der Waals surface area contributed by atoms with E-state index in [2.05, 4.69) is 31.2 Å². The number of carbonyl (C=O) groups excluding carboxylic acids is 1. The minimum atomic E-state index is -0.327. The predicted octanol–water partition coefficient (Wildman–Crippen LogP) is 4.73. The summed E-state index contributed by atoms with van der Waals surface area (Å²) in [6.07, 6.45) is 3.49. The van der Waals surface area contributed by atoms with Gasteiger partial charge in [0.2, 0.25) is 5.95 Å². The summed E-state index contributed by atoms with van der Waals surface area (Å²) in [4.78, 5) is 23.3. The van der Waals surface area contributed by atoms with Gasteiger partial charge in [-0.15, -0.1) is 0 Å². The van der Waals surface area contributed by atoms with Crippen LogP contribution in [0.15, 0.2) is 57.7 Å². The molecule has 1 aromatic carbocycles. The Bertz CT molecular complexity index is 994. The van der Waals surface area contributed by atoms with Gasteiger partial charge in [0.25, 0.3) is 5.91 Å². The molecule has 0 saturated carbocycles. The Morgan fingerprint density at radius 3 is 2.96 bits per heavy atom. The van der Waals surface area contributed by atoms with Crippen molar-refractivity contribution in [2.24, 2.45) is 0 Å². The normalized spacial score (nSPS) is 16.8. The molecule has 0 radical (unpaired) electrons. The Labute approximate surface area is 169 Å². The molecule has 28 heavy (non-hydrogen) atoms. The third-order valence-electron chi connectivity index (χ3n) is 4.67. The molecular formula is C20H18BrFN4O2. The second-order valence-corrected chi connectivity index (χ2v) is 7.42. The molecule has 0 spiro atoms. The largest absolute Gasteiger partial charge is 0.444 e. The van der Waals surface area contributed by atoms with Crippen molar-refractivity contribution in [2.75, 3.05) is 18.4 Å². The highest BCUT2D eigenvalue weighted by Gasteiger charge is 2.28. The molecule has 1 N–H and O–H groups in total. The molecule has 1 aliphatic heterocycles. The molecule has 1 fully saturated rings. The summed E-state index contributed by atoms with van der Waals surface area (Å²) in [6, 6.07) is 11.4. The third-order valence-corrected chi connectivity index (χ3v) is 5.09. The highest BCUT2D eigenvalue weighted by molar-refractivity contribution is 9.10. The number of anilines is 2. The standard InChI is InChI=1S/C20H18BrFN4O2/c21-18-7-6-17(28-18)19(27)26-10-2-3-13(12-26)16-8-9-23-20(25-16)24-15-5-1-4-14(22)11-15/h1,4-9,11,13H,2-3,10,12H2,(H,23,24,25)/t13-/m1/s1. The Morgan fingerprint density at radius 2 is 2.18 bits per heavy atom. The zero-order valence-corrected chi connectivity index (χ0v) is 16.5. The van der Waals surface area contributed by atoms with E-state index in [9.17, 15) is 9.18 Å². The molecule has 2 aromatic heterocycles. The lowest BCUT2D eigenvalue weighted by molar-refractivity contribution is 0.0672. The Hall–Kier alpha value is -2.74. The van der Waals surface area contributed by atoms with Crippen molar-refractivity contribution in [3.8, 4) is 0 Å². The molecule has 6 nitrogen and oxygen atoms in total. The molecule has 144 valence electrons. The number of halogens is 2. The minimum absolute atomic E-state index is 0.104. The van der Waals surface area contributed by atoms with Crippen LogP contribution in [-0.4, -0.2) is 33.9 Å². The maximum atomic E-state index is 13.4. The molecule has 8 heteroatoms. The van der Waals surface area contributed by atoms with Crippen molar-refractivity contribution in [3.63, 3.8) is 0 Å². The number of benzene rings is 1. The van der Waals surface area contributed by atoms with E-state index in [4.69, 9.17) is 4.42 Å². The number of piperidine rings is 1. The van der Waals surface area contributed by atoms with Gasteiger partial charge in [0.15, 0.2) is 10.4 Å². The highest BCUT2D eigenvalue weighted by Crippen LogP contribution is 2.28. The first kappa shape index (κ1) is 18.6. The van der Waals surface area contributed by atoms with Crippen LogP contribution >= 0.6 is 15.9 Å². The van der Waals surface area contributed by atoms with E-state index in [-0.39, 0.29) is 17.6 Å². The fraction of sp³-hybridized carbons (Fsp3) is 0.250. The van der Waals surface area contributed by atoms with E-state index in [0.717, 1.165) is 18.5 Å². The van der Waals surface area contributed by atoms with Gasteiger partial charge in [-0.2, -0.15) is 0 Å². The van der Waals surface area contributed by atoms with Crippen LogP contribution < -0.4 is 5.32 Å². The van der Waals surface area contributed by atoms with Gasteiger partial charge in [-0.05, 0) is 65.2 Å². The van der Waals surface area contributed by atoms with Crippen LogP contribution in [0.5, 0.6) is 0 Å². The molecule has 0 unspecified atom stereocenters. The summed E-state index contributed by atoms with van der Waals surface area (Å²) in [7, 11) is 0. The second kappa shape index (κ2) is 8.10. The van der Waals surface area contributed by atoms with Gasteiger partial charge >= 0.3 is 0 Å². The summed E-state index contributed by atoms with van der Waals surface area (Å²) in [6.45, 7) is 1.25. The SMILES string of the molecule is O=C(c1ccc(Br)o1)N1CCC[C@@H](c2ccnc(Nc3cccc(F)c3)n2)C1. The van der Waals surface area contributed by atoms with Crippen LogP contribution in [0.2, 0.25) is 0 Å². The molecule has 4 rings (SSSR count). The van der Waals surface area contributed by atoms with E-state index in [1.165, 1.54) is 12.1 Å². The summed E-state index contributed by atoms with van der Waals surface area (Å²) >= 11 is 3.23. The molecule has 0 bridgehead atoms. The molecule has 1 saturated heterocycles. The maximum absolute atomic E-state index is 13.4. The first-order valence-corrected chi connectivity index (χ1v) is 9.78. The Kier molecular flexibility index (Phi) is 5.38. The Balaban J connectivity index is 1.48. The van der Waals surface area contributed by atoms with Gasteiger partial charge < -0.3 is 14.6 Å². The minimum Gasteiger partial charge on any atom is -0.444 e. The van der Waals surface area contributed by atoms with Crippen LogP contribution in [0.4, 0.5) is 16.0 Å². The van der Waals surface area contributed by atoms with Crippen molar-refractivity contribution in [1.82, 2.24) is 14.9 Å². The van der Waals surface area contributed by atoms with Gasteiger partial charge in [0.1, 0.15) is 5.82 Å². The molecule has 1 amide bonds.